The lowest BCUT2D eigenvalue weighted by atomic mass is 9.68. The number of nitrogens with zero attached hydrogens (tertiary/aromatic N) is 2. The number of aromatic nitrogens is 2. The van der Waals surface area contributed by atoms with E-state index in [4.69, 9.17) is 5.73 Å². The van der Waals surface area contributed by atoms with Crippen LogP contribution in [0.4, 0.5) is 5.69 Å². The van der Waals surface area contributed by atoms with Crippen LogP contribution in [0.25, 0.3) is 5.52 Å². The van der Waals surface area contributed by atoms with Crippen molar-refractivity contribution in [1.82, 2.24) is 9.61 Å². The summed E-state index contributed by atoms with van der Waals surface area (Å²) in [6.45, 7) is 10.8. The Hall–Kier alpha value is -2.30. The number of nitrogens with one attached hydrogen (secondary N) is 1. The Morgan fingerprint density at radius 3 is 2.87 bits per heavy atom. The van der Waals surface area contributed by atoms with Crippen LogP contribution >= 0.6 is 0 Å². The molecule has 1 aliphatic carbocycles. The van der Waals surface area contributed by atoms with Gasteiger partial charge in [-0.3, -0.25) is 4.79 Å². The number of carbonyl (C=O) groups is 1. The van der Waals surface area contributed by atoms with Crippen molar-refractivity contribution in [2.75, 3.05) is 5.32 Å². The average Bonchev–Trinajstić information content (AvgIpc) is 3.06. The van der Waals surface area contributed by atoms with Crippen molar-refractivity contribution in [3.63, 3.8) is 0 Å². The van der Waals surface area contributed by atoms with Crippen molar-refractivity contribution in [3.8, 4) is 0 Å². The van der Waals surface area contributed by atoms with Crippen LogP contribution in [0.2, 0.25) is 0 Å². The number of anilines is 1. The van der Waals surface area contributed by atoms with E-state index >= 15 is 0 Å². The number of nitrogens with two attached hydrogens (primary N) is 1. The molecule has 0 aliphatic heterocycles. The average molecular weight is 312 g/mol. The van der Waals surface area contributed by atoms with E-state index in [-0.39, 0.29) is 16.9 Å². The first-order valence-corrected chi connectivity index (χ1v) is 7.96. The Kier molecular flexibility index (Phi) is 3.47. The lowest BCUT2D eigenvalue weighted by Crippen LogP contribution is -2.40. The first kappa shape index (κ1) is 15.6. The quantitative estimate of drug-likeness (QED) is 0.851. The molecule has 0 saturated heterocycles. The third kappa shape index (κ3) is 2.22. The number of carbonyl (C=O) groups excluding carboxylic acids is 1. The Bertz CT molecular complexity index is 776. The highest BCUT2D eigenvalue weighted by Gasteiger charge is 2.50. The monoisotopic (exact) mass is 312 g/mol. The first-order chi connectivity index (χ1) is 10.8. The molecule has 23 heavy (non-hydrogen) atoms. The van der Waals surface area contributed by atoms with Crippen LogP contribution in [0.3, 0.4) is 0 Å². The fourth-order valence-corrected chi connectivity index (χ4v) is 3.65. The van der Waals surface area contributed by atoms with Crippen LogP contribution in [0.1, 0.15) is 44.0 Å². The smallest absolute Gasteiger partial charge is 0.252 e. The van der Waals surface area contributed by atoms with Crippen LogP contribution in [-0.2, 0) is 0 Å². The van der Waals surface area contributed by atoms with Crippen LogP contribution in [0.5, 0.6) is 0 Å². The summed E-state index contributed by atoms with van der Waals surface area (Å²) in [5.41, 5.74) is 7.68. The number of rotatable bonds is 4. The summed E-state index contributed by atoms with van der Waals surface area (Å²) in [6, 6.07) is 4.08. The van der Waals surface area contributed by atoms with Gasteiger partial charge in [-0.1, -0.05) is 26.8 Å². The largest absolute Gasteiger partial charge is 0.379 e. The maximum absolute atomic E-state index is 11.8. The number of primary amides is 1. The second-order valence-corrected chi connectivity index (χ2v) is 7.21. The molecule has 0 spiro atoms. The molecule has 0 bridgehead atoms. The van der Waals surface area contributed by atoms with Crippen molar-refractivity contribution in [2.45, 2.75) is 39.7 Å². The van der Waals surface area contributed by atoms with Gasteiger partial charge < -0.3 is 11.1 Å². The Labute approximate surface area is 136 Å². The van der Waals surface area contributed by atoms with Crippen LogP contribution in [-0.4, -0.2) is 21.6 Å². The van der Waals surface area contributed by atoms with Crippen molar-refractivity contribution < 1.29 is 4.79 Å². The normalized spacial score (nSPS) is 26.3. The minimum absolute atomic E-state index is 0.0104. The minimum Gasteiger partial charge on any atom is -0.379 e. The van der Waals surface area contributed by atoms with Gasteiger partial charge in [0, 0.05) is 12.2 Å². The van der Waals surface area contributed by atoms with Gasteiger partial charge in [0.05, 0.1) is 23.0 Å². The van der Waals surface area contributed by atoms with E-state index in [1.165, 1.54) is 6.20 Å². The molecule has 2 unspecified atom stereocenters. The third-order valence-electron chi connectivity index (χ3n) is 5.89. The fraction of sp³-hybridized carbons (Fsp3) is 0.444. The second-order valence-electron chi connectivity index (χ2n) is 7.21. The number of fused-ring (bicyclic) bond motifs is 1. The predicted octanol–water partition coefficient (Wildman–Crippen LogP) is 3.23. The van der Waals surface area contributed by atoms with E-state index in [1.807, 2.05) is 18.3 Å². The minimum atomic E-state index is -0.467. The molecule has 122 valence electrons. The summed E-state index contributed by atoms with van der Waals surface area (Å²) in [5.74, 6) is -0.467. The molecule has 2 heterocycles. The van der Waals surface area contributed by atoms with Crippen molar-refractivity contribution in [1.29, 1.82) is 0 Å². The summed E-state index contributed by atoms with van der Waals surface area (Å²) >= 11 is 0. The molecular weight excluding hydrogens is 288 g/mol. The number of hydrogen-bond donors (Lipinski definition) is 2. The predicted molar refractivity (Wildman–Crippen MR) is 92.4 cm³/mol. The maximum atomic E-state index is 11.8. The molecule has 3 N–H and O–H groups in total. The molecular formula is C18H24N4O. The standard InChI is InChI=1S/C18H24N4O/c1-5-18(4)9-8-14(17(18,2)3)21-15-12(16(19)23)11-20-22-10-6-7-13(15)22/h5-7,10-11,14,21H,1,8-9H2,2-4H3,(H2,19,23). The molecule has 5 heteroatoms. The van der Waals surface area contributed by atoms with Gasteiger partial charge in [0.15, 0.2) is 0 Å². The Morgan fingerprint density at radius 2 is 2.26 bits per heavy atom. The van der Waals surface area contributed by atoms with Gasteiger partial charge in [-0.15, -0.1) is 6.58 Å². The topological polar surface area (TPSA) is 72.4 Å². The van der Waals surface area contributed by atoms with Gasteiger partial charge in [-0.05, 0) is 35.8 Å². The molecule has 1 amide bonds. The number of hydrogen-bond acceptors (Lipinski definition) is 3. The van der Waals surface area contributed by atoms with E-state index in [0.717, 1.165) is 24.0 Å². The summed E-state index contributed by atoms with van der Waals surface area (Å²) in [5, 5.41) is 7.83. The van der Waals surface area contributed by atoms with Crippen molar-refractivity contribution in [3.05, 3.63) is 42.7 Å². The molecule has 1 aliphatic rings. The summed E-state index contributed by atoms with van der Waals surface area (Å²) in [4.78, 5) is 11.8. The zero-order valence-electron chi connectivity index (χ0n) is 14.0. The van der Waals surface area contributed by atoms with E-state index in [9.17, 15) is 4.79 Å². The van der Waals surface area contributed by atoms with E-state index in [2.05, 4.69) is 43.8 Å². The zero-order valence-corrected chi connectivity index (χ0v) is 14.0. The highest BCUT2D eigenvalue weighted by atomic mass is 16.1. The van der Waals surface area contributed by atoms with Crippen molar-refractivity contribution >= 4 is 17.1 Å². The van der Waals surface area contributed by atoms with Gasteiger partial charge in [0.25, 0.3) is 5.91 Å². The summed E-state index contributed by atoms with van der Waals surface area (Å²) in [6.07, 6.45) is 7.53. The summed E-state index contributed by atoms with van der Waals surface area (Å²) < 4.78 is 1.75. The van der Waals surface area contributed by atoms with Gasteiger partial charge in [-0.2, -0.15) is 5.10 Å². The molecule has 2 atom stereocenters. The lowest BCUT2D eigenvalue weighted by molar-refractivity contribution is 0.100. The van der Waals surface area contributed by atoms with E-state index in [1.54, 1.807) is 4.52 Å². The number of allylic oxidation sites excluding steroid dienone is 1. The molecule has 3 rings (SSSR count). The van der Waals surface area contributed by atoms with Gasteiger partial charge in [-0.25, -0.2) is 4.52 Å². The van der Waals surface area contributed by atoms with Gasteiger partial charge in [0.2, 0.25) is 0 Å². The third-order valence-corrected chi connectivity index (χ3v) is 5.89. The zero-order chi connectivity index (χ0) is 16.8. The Morgan fingerprint density at radius 1 is 1.52 bits per heavy atom. The van der Waals surface area contributed by atoms with Gasteiger partial charge in [0.1, 0.15) is 0 Å². The number of amides is 1. The van der Waals surface area contributed by atoms with Crippen LogP contribution in [0, 0.1) is 10.8 Å². The fourth-order valence-electron chi connectivity index (χ4n) is 3.65. The molecule has 1 saturated carbocycles. The Balaban J connectivity index is 2.05. The highest BCUT2D eigenvalue weighted by Crippen LogP contribution is 2.54. The van der Waals surface area contributed by atoms with Crippen LogP contribution in [0.15, 0.2) is 37.2 Å². The molecule has 0 aromatic carbocycles. The molecule has 0 radical (unpaired) electrons. The molecule has 5 nitrogen and oxygen atoms in total. The van der Waals surface area contributed by atoms with E-state index < -0.39 is 5.91 Å². The summed E-state index contributed by atoms with van der Waals surface area (Å²) in [7, 11) is 0. The lowest BCUT2D eigenvalue weighted by Gasteiger charge is -2.40. The first-order valence-electron chi connectivity index (χ1n) is 7.96. The molecule has 1 fully saturated rings. The molecule has 2 aromatic rings. The molecule has 2 aromatic heterocycles. The van der Waals surface area contributed by atoms with Gasteiger partial charge >= 0.3 is 0 Å². The van der Waals surface area contributed by atoms with Crippen LogP contribution < -0.4 is 11.1 Å². The van der Waals surface area contributed by atoms with E-state index in [0.29, 0.717) is 5.56 Å². The maximum Gasteiger partial charge on any atom is 0.252 e. The second kappa shape index (κ2) is 5.11. The van der Waals surface area contributed by atoms with Crippen molar-refractivity contribution in [2.24, 2.45) is 16.6 Å². The SMILES string of the molecule is C=CC1(C)CCC(Nc2c(C(N)=O)cnn3cccc23)C1(C)C. The highest BCUT2D eigenvalue weighted by molar-refractivity contribution is 6.01.